The highest BCUT2D eigenvalue weighted by Crippen LogP contribution is 2.28. The lowest BCUT2D eigenvalue weighted by molar-refractivity contribution is 0.0934. The van der Waals surface area contributed by atoms with Crippen molar-refractivity contribution in [2.75, 3.05) is 21.3 Å². The first-order chi connectivity index (χ1) is 7.63. The van der Waals surface area contributed by atoms with Crippen LogP contribution in [0.2, 0.25) is 0 Å². The fraction of sp³-hybridized carbons (Fsp3) is 0.364. The molecule has 0 radical (unpaired) electrons. The molecule has 0 heterocycles. The first-order valence-corrected chi connectivity index (χ1v) is 4.83. The number of benzene rings is 1. The van der Waals surface area contributed by atoms with Gasteiger partial charge in [0.2, 0.25) is 0 Å². The number of ether oxygens (including phenoxy) is 2. The van der Waals surface area contributed by atoms with Crippen LogP contribution in [0.4, 0.5) is 0 Å². The Kier molecular flexibility index (Phi) is 4.13. The third-order valence-corrected chi connectivity index (χ3v) is 2.19. The number of carbonyl (C=O) groups excluding carboxylic acids is 1. The van der Waals surface area contributed by atoms with Gasteiger partial charge in [-0.25, -0.2) is 5.43 Å². The van der Waals surface area contributed by atoms with Crippen LogP contribution in [0.3, 0.4) is 0 Å². The fourth-order valence-electron chi connectivity index (χ4n) is 1.47. The quantitative estimate of drug-likeness (QED) is 0.745. The number of amides is 1. The highest BCUT2D eigenvalue weighted by Gasteiger charge is 2.16. The zero-order valence-corrected chi connectivity index (χ0v) is 9.88. The zero-order chi connectivity index (χ0) is 12.1. The van der Waals surface area contributed by atoms with Crippen molar-refractivity contribution in [2.24, 2.45) is 0 Å². The van der Waals surface area contributed by atoms with E-state index in [1.54, 1.807) is 26.3 Å². The first-order valence-electron chi connectivity index (χ1n) is 4.83. The molecule has 0 aromatic heterocycles. The maximum atomic E-state index is 11.8. The molecular weight excluding hydrogens is 208 g/mol. The standard InChI is InChI=1S/C11H16N2O3/c1-7-5-8(15-3)6-9(16-4)10(7)11(14)13-12-2/h5-6,12H,1-4H3,(H,13,14). The Morgan fingerprint density at radius 3 is 2.44 bits per heavy atom. The van der Waals surface area contributed by atoms with Gasteiger partial charge in [0, 0.05) is 13.1 Å². The molecule has 1 rings (SSSR count). The van der Waals surface area contributed by atoms with E-state index in [2.05, 4.69) is 10.9 Å². The van der Waals surface area contributed by atoms with Crippen molar-refractivity contribution in [1.29, 1.82) is 0 Å². The van der Waals surface area contributed by atoms with Gasteiger partial charge in [-0.1, -0.05) is 0 Å². The average Bonchev–Trinajstić information content (AvgIpc) is 2.27. The van der Waals surface area contributed by atoms with Gasteiger partial charge < -0.3 is 9.47 Å². The summed E-state index contributed by atoms with van der Waals surface area (Å²) < 4.78 is 10.3. The lowest BCUT2D eigenvalue weighted by Gasteiger charge is -2.13. The summed E-state index contributed by atoms with van der Waals surface area (Å²) in [7, 11) is 4.72. The van der Waals surface area contributed by atoms with Crippen molar-refractivity contribution in [2.45, 2.75) is 6.92 Å². The highest BCUT2D eigenvalue weighted by molar-refractivity contribution is 5.98. The minimum Gasteiger partial charge on any atom is -0.497 e. The van der Waals surface area contributed by atoms with E-state index in [9.17, 15) is 4.79 Å². The molecule has 5 heteroatoms. The van der Waals surface area contributed by atoms with Crippen LogP contribution in [0.15, 0.2) is 12.1 Å². The van der Waals surface area contributed by atoms with E-state index in [4.69, 9.17) is 9.47 Å². The first kappa shape index (κ1) is 12.3. The van der Waals surface area contributed by atoms with Crippen molar-refractivity contribution >= 4 is 5.91 Å². The number of carbonyl (C=O) groups is 1. The van der Waals surface area contributed by atoms with Crippen LogP contribution in [0.25, 0.3) is 0 Å². The molecular formula is C11H16N2O3. The molecule has 0 aliphatic heterocycles. The van der Waals surface area contributed by atoms with Crippen molar-refractivity contribution in [3.63, 3.8) is 0 Å². The number of hydrogen-bond acceptors (Lipinski definition) is 4. The van der Waals surface area contributed by atoms with Crippen molar-refractivity contribution in [3.8, 4) is 11.5 Å². The van der Waals surface area contributed by atoms with Crippen LogP contribution in [-0.4, -0.2) is 27.2 Å². The maximum absolute atomic E-state index is 11.8. The Labute approximate surface area is 94.7 Å². The SMILES string of the molecule is CNNC(=O)c1c(C)cc(OC)cc1OC. The molecule has 1 aromatic rings. The Hall–Kier alpha value is -1.75. The van der Waals surface area contributed by atoms with Crippen LogP contribution in [0.5, 0.6) is 11.5 Å². The number of hydrogen-bond donors (Lipinski definition) is 2. The number of rotatable bonds is 4. The molecule has 0 bridgehead atoms. The maximum Gasteiger partial charge on any atom is 0.269 e. The highest BCUT2D eigenvalue weighted by atomic mass is 16.5. The van der Waals surface area contributed by atoms with Crippen LogP contribution in [0.1, 0.15) is 15.9 Å². The second-order valence-electron chi connectivity index (χ2n) is 3.23. The fourth-order valence-corrected chi connectivity index (χ4v) is 1.47. The zero-order valence-electron chi connectivity index (χ0n) is 9.88. The Morgan fingerprint density at radius 2 is 1.94 bits per heavy atom. The summed E-state index contributed by atoms with van der Waals surface area (Å²) >= 11 is 0. The van der Waals surface area contributed by atoms with Gasteiger partial charge in [0.25, 0.3) is 5.91 Å². The summed E-state index contributed by atoms with van der Waals surface area (Å²) in [5, 5.41) is 0. The van der Waals surface area contributed by atoms with E-state index in [1.807, 2.05) is 6.92 Å². The third-order valence-electron chi connectivity index (χ3n) is 2.19. The largest absolute Gasteiger partial charge is 0.497 e. The molecule has 0 fully saturated rings. The van der Waals surface area contributed by atoms with Gasteiger partial charge >= 0.3 is 0 Å². The minimum atomic E-state index is -0.237. The van der Waals surface area contributed by atoms with E-state index in [0.717, 1.165) is 5.56 Å². The molecule has 0 saturated carbocycles. The van der Waals surface area contributed by atoms with Gasteiger partial charge in [0.1, 0.15) is 11.5 Å². The molecule has 1 amide bonds. The summed E-state index contributed by atoms with van der Waals surface area (Å²) in [6, 6.07) is 3.46. The van der Waals surface area contributed by atoms with Gasteiger partial charge in [-0.05, 0) is 18.6 Å². The van der Waals surface area contributed by atoms with E-state index in [1.165, 1.54) is 7.11 Å². The molecule has 5 nitrogen and oxygen atoms in total. The normalized spacial score (nSPS) is 9.75. The summed E-state index contributed by atoms with van der Waals surface area (Å²) in [5.41, 5.74) is 6.38. The summed E-state index contributed by atoms with van der Waals surface area (Å²) in [6.07, 6.45) is 0. The van der Waals surface area contributed by atoms with Crippen molar-refractivity contribution in [3.05, 3.63) is 23.3 Å². The van der Waals surface area contributed by atoms with E-state index in [-0.39, 0.29) is 5.91 Å². The van der Waals surface area contributed by atoms with Gasteiger partial charge in [-0.15, -0.1) is 0 Å². The monoisotopic (exact) mass is 224 g/mol. The Bertz CT molecular complexity index is 391. The molecule has 88 valence electrons. The Balaban J connectivity index is 3.21. The lowest BCUT2D eigenvalue weighted by atomic mass is 10.1. The number of aryl methyl sites for hydroxylation is 1. The van der Waals surface area contributed by atoms with E-state index in [0.29, 0.717) is 17.1 Å². The van der Waals surface area contributed by atoms with Crippen LogP contribution >= 0.6 is 0 Å². The smallest absolute Gasteiger partial charge is 0.269 e. The Morgan fingerprint density at radius 1 is 1.25 bits per heavy atom. The molecule has 0 unspecified atom stereocenters. The summed E-state index contributed by atoms with van der Waals surface area (Å²) in [5.74, 6) is 0.916. The molecule has 0 saturated heterocycles. The summed E-state index contributed by atoms with van der Waals surface area (Å²) in [4.78, 5) is 11.8. The predicted octanol–water partition coefficient (Wildman–Crippen LogP) is 0.876. The number of nitrogens with one attached hydrogen (secondary N) is 2. The van der Waals surface area contributed by atoms with E-state index >= 15 is 0 Å². The van der Waals surface area contributed by atoms with Gasteiger partial charge in [0.15, 0.2) is 0 Å². The van der Waals surface area contributed by atoms with Crippen LogP contribution in [-0.2, 0) is 0 Å². The molecule has 16 heavy (non-hydrogen) atoms. The summed E-state index contributed by atoms with van der Waals surface area (Å²) in [6.45, 7) is 1.83. The number of hydrazine groups is 1. The average molecular weight is 224 g/mol. The molecule has 2 N–H and O–H groups in total. The third kappa shape index (κ3) is 2.43. The van der Waals surface area contributed by atoms with Gasteiger partial charge in [-0.3, -0.25) is 10.2 Å². The van der Waals surface area contributed by atoms with Crippen molar-refractivity contribution < 1.29 is 14.3 Å². The topological polar surface area (TPSA) is 59.6 Å². The molecule has 0 atom stereocenters. The van der Waals surface area contributed by atoms with E-state index < -0.39 is 0 Å². The second kappa shape index (κ2) is 5.37. The predicted molar refractivity (Wildman–Crippen MR) is 60.8 cm³/mol. The van der Waals surface area contributed by atoms with Crippen LogP contribution in [0, 0.1) is 6.92 Å². The minimum absolute atomic E-state index is 0.237. The molecule has 0 aliphatic carbocycles. The molecule has 0 spiro atoms. The van der Waals surface area contributed by atoms with Crippen molar-refractivity contribution in [1.82, 2.24) is 10.9 Å². The van der Waals surface area contributed by atoms with Gasteiger partial charge in [-0.2, -0.15) is 0 Å². The second-order valence-corrected chi connectivity index (χ2v) is 3.23. The number of methoxy groups -OCH3 is 2. The van der Waals surface area contributed by atoms with Gasteiger partial charge in [0.05, 0.1) is 19.8 Å². The lowest BCUT2D eigenvalue weighted by Crippen LogP contribution is -2.34. The molecule has 1 aromatic carbocycles. The van der Waals surface area contributed by atoms with Crippen LogP contribution < -0.4 is 20.3 Å². The molecule has 0 aliphatic rings.